The number of carbonyl (C=O) groups is 2. The van der Waals surface area contributed by atoms with Crippen molar-refractivity contribution in [2.75, 3.05) is 0 Å². The molecular weight excluding hydrogens is 346 g/mol. The van der Waals surface area contributed by atoms with E-state index in [9.17, 15) is 18.0 Å². The minimum atomic E-state index is -3.88. The summed E-state index contributed by atoms with van der Waals surface area (Å²) >= 11 is 5.70. The monoisotopic (exact) mass is 355 g/mol. The molecule has 3 N–H and O–H groups in total. The molecule has 0 aliphatic heterocycles. The average Bonchev–Trinajstić information content (AvgIpc) is 2.98. The molecule has 0 aliphatic carbocycles. The number of carboxylic acids is 1. The number of benzene rings is 1. The van der Waals surface area contributed by atoms with Gasteiger partial charge in [0.25, 0.3) is 0 Å². The fourth-order valence-corrected chi connectivity index (χ4v) is 3.05. The summed E-state index contributed by atoms with van der Waals surface area (Å²) in [6.45, 7) is 0. The van der Waals surface area contributed by atoms with Crippen molar-refractivity contribution in [3.05, 3.63) is 58.9 Å². The lowest BCUT2D eigenvalue weighted by atomic mass is 10.2. The number of ketones is 1. The number of aliphatic hydroxyl groups is 1. The summed E-state index contributed by atoms with van der Waals surface area (Å²) in [5, 5.41) is 17.7. The van der Waals surface area contributed by atoms with E-state index in [-0.39, 0.29) is 15.6 Å². The number of aromatic nitrogens is 1. The Bertz CT molecular complexity index is 896. The van der Waals surface area contributed by atoms with Crippen molar-refractivity contribution in [2.24, 2.45) is 0 Å². The lowest BCUT2D eigenvalue weighted by molar-refractivity contribution is -0.135. The van der Waals surface area contributed by atoms with E-state index in [0.29, 0.717) is 11.1 Å². The molecule has 0 spiro atoms. The largest absolute Gasteiger partial charge is 0.502 e. The fraction of sp³-hybridized carbons (Fsp3) is 0. The Labute approximate surface area is 135 Å². The molecule has 0 atom stereocenters. The van der Waals surface area contributed by atoms with Gasteiger partial charge in [-0.2, -0.15) is 0 Å². The second kappa shape index (κ2) is 6.27. The van der Waals surface area contributed by atoms with E-state index in [1.807, 2.05) is 0 Å². The maximum Gasteiger partial charge on any atom is 0.371 e. The molecule has 0 unspecified atom stereocenters. The number of sulfone groups is 1. The highest BCUT2D eigenvalue weighted by atomic mass is 35.5. The summed E-state index contributed by atoms with van der Waals surface area (Å²) in [6.07, 6.45) is 0.479. The number of halogens is 1. The van der Waals surface area contributed by atoms with Crippen molar-refractivity contribution in [2.45, 2.75) is 9.92 Å². The van der Waals surface area contributed by atoms with Gasteiger partial charge in [0.05, 0.1) is 10.6 Å². The third-order valence-electron chi connectivity index (χ3n) is 2.83. The molecule has 9 heteroatoms. The van der Waals surface area contributed by atoms with Crippen LogP contribution in [-0.2, 0) is 14.6 Å². The predicted molar refractivity (Wildman–Crippen MR) is 80.4 cm³/mol. The van der Waals surface area contributed by atoms with Gasteiger partial charge in [-0.15, -0.1) is 0 Å². The number of rotatable bonds is 5. The molecule has 1 aromatic carbocycles. The van der Waals surface area contributed by atoms with Gasteiger partial charge < -0.3 is 15.2 Å². The third-order valence-corrected chi connectivity index (χ3v) is 4.79. The van der Waals surface area contributed by atoms with Gasteiger partial charge in [0.1, 0.15) is 5.03 Å². The molecule has 0 saturated heterocycles. The van der Waals surface area contributed by atoms with Gasteiger partial charge in [-0.3, -0.25) is 4.79 Å². The molecule has 0 amide bonds. The van der Waals surface area contributed by atoms with Gasteiger partial charge in [-0.25, -0.2) is 13.2 Å². The van der Waals surface area contributed by atoms with E-state index < -0.39 is 27.3 Å². The lowest BCUT2D eigenvalue weighted by Gasteiger charge is -2.02. The zero-order valence-corrected chi connectivity index (χ0v) is 12.9. The smallest absolute Gasteiger partial charge is 0.371 e. The van der Waals surface area contributed by atoms with E-state index in [4.69, 9.17) is 21.8 Å². The van der Waals surface area contributed by atoms with Crippen LogP contribution >= 0.6 is 11.6 Å². The Morgan fingerprint density at radius 2 is 1.65 bits per heavy atom. The van der Waals surface area contributed by atoms with Crippen LogP contribution in [0, 0.1) is 0 Å². The van der Waals surface area contributed by atoms with Crippen LogP contribution in [0.1, 0.15) is 10.5 Å². The number of aliphatic carboxylic acids is 1. The SMILES string of the molecule is O=C(O)C(O)=CC(=O)c1ccc(S(=O)(=O)c2ccc(Cl)cc2)[nH]1. The fourth-order valence-electron chi connectivity index (χ4n) is 1.68. The van der Waals surface area contributed by atoms with Gasteiger partial charge in [0.15, 0.2) is 0 Å². The highest BCUT2D eigenvalue weighted by Gasteiger charge is 2.21. The van der Waals surface area contributed by atoms with Crippen LogP contribution in [0.25, 0.3) is 0 Å². The second-order valence-corrected chi connectivity index (χ2v) is 6.75. The second-order valence-electron chi connectivity index (χ2n) is 4.39. The Hall–Kier alpha value is -2.58. The van der Waals surface area contributed by atoms with E-state index in [2.05, 4.69) is 4.98 Å². The molecule has 120 valence electrons. The van der Waals surface area contributed by atoms with E-state index in [0.717, 1.165) is 0 Å². The molecular formula is C14H10ClNO6S. The van der Waals surface area contributed by atoms with E-state index in [1.165, 1.54) is 36.4 Å². The molecule has 1 aromatic heterocycles. The zero-order chi connectivity index (χ0) is 17.2. The number of carboxylic acid groups (broad SMARTS) is 1. The molecule has 0 bridgehead atoms. The quantitative estimate of drug-likeness (QED) is 0.429. The van der Waals surface area contributed by atoms with Gasteiger partial charge in [-0.05, 0) is 36.4 Å². The molecule has 23 heavy (non-hydrogen) atoms. The summed E-state index contributed by atoms with van der Waals surface area (Å²) in [4.78, 5) is 24.6. The molecule has 7 nitrogen and oxygen atoms in total. The molecule has 0 aliphatic rings. The van der Waals surface area contributed by atoms with Crippen LogP contribution in [-0.4, -0.2) is 35.4 Å². The average molecular weight is 356 g/mol. The Balaban J connectivity index is 2.35. The number of nitrogens with one attached hydrogen (secondary N) is 1. The number of H-pyrrole nitrogens is 1. The maximum atomic E-state index is 12.4. The van der Waals surface area contributed by atoms with Crippen LogP contribution < -0.4 is 0 Å². The first kappa shape index (κ1) is 16.8. The van der Waals surface area contributed by atoms with Crippen molar-refractivity contribution >= 4 is 33.2 Å². The van der Waals surface area contributed by atoms with Gasteiger partial charge in [0, 0.05) is 11.1 Å². The summed E-state index contributed by atoms with van der Waals surface area (Å²) < 4.78 is 24.7. The van der Waals surface area contributed by atoms with Crippen molar-refractivity contribution in [1.82, 2.24) is 4.98 Å². The van der Waals surface area contributed by atoms with Crippen LogP contribution in [0.3, 0.4) is 0 Å². The highest BCUT2D eigenvalue weighted by molar-refractivity contribution is 7.91. The summed E-state index contributed by atoms with van der Waals surface area (Å²) in [7, 11) is -3.88. The summed E-state index contributed by atoms with van der Waals surface area (Å²) in [5.74, 6) is -3.69. The van der Waals surface area contributed by atoms with Crippen LogP contribution in [0.5, 0.6) is 0 Å². The molecule has 1 heterocycles. The minimum Gasteiger partial charge on any atom is -0.502 e. The number of allylic oxidation sites excluding steroid dienone is 1. The lowest BCUT2D eigenvalue weighted by Crippen LogP contribution is -2.06. The zero-order valence-electron chi connectivity index (χ0n) is 11.4. The summed E-state index contributed by atoms with van der Waals surface area (Å²) in [6, 6.07) is 7.81. The van der Waals surface area contributed by atoms with Gasteiger partial charge >= 0.3 is 5.97 Å². The number of hydrogen-bond donors (Lipinski definition) is 3. The van der Waals surface area contributed by atoms with Crippen LogP contribution in [0.15, 0.2) is 58.2 Å². The third kappa shape index (κ3) is 3.61. The predicted octanol–water partition coefficient (Wildman–Crippen LogP) is 2.21. The van der Waals surface area contributed by atoms with E-state index in [1.54, 1.807) is 0 Å². The number of carbonyl (C=O) groups excluding carboxylic acids is 1. The molecule has 2 rings (SSSR count). The van der Waals surface area contributed by atoms with Crippen LogP contribution in [0.2, 0.25) is 5.02 Å². The first-order chi connectivity index (χ1) is 10.7. The van der Waals surface area contributed by atoms with Crippen molar-refractivity contribution in [1.29, 1.82) is 0 Å². The minimum absolute atomic E-state index is 0.0216. The molecule has 0 saturated carbocycles. The normalized spacial score (nSPS) is 12.1. The molecule has 2 aromatic rings. The summed E-state index contributed by atoms with van der Waals surface area (Å²) in [5.41, 5.74) is -0.176. The highest BCUT2D eigenvalue weighted by Crippen LogP contribution is 2.22. The standard InChI is InChI=1S/C14H10ClNO6S/c15-8-1-3-9(4-2-8)23(21,22)13-6-5-10(16-13)11(17)7-12(18)14(19)20/h1-7,16,18H,(H,19,20). The Morgan fingerprint density at radius 3 is 2.22 bits per heavy atom. The van der Waals surface area contributed by atoms with Crippen molar-refractivity contribution in [3.8, 4) is 0 Å². The number of aliphatic hydroxyl groups excluding tert-OH is 1. The van der Waals surface area contributed by atoms with Crippen molar-refractivity contribution < 1.29 is 28.2 Å². The Kier molecular flexibility index (Phi) is 4.57. The van der Waals surface area contributed by atoms with E-state index >= 15 is 0 Å². The first-order valence-electron chi connectivity index (χ1n) is 6.10. The number of aromatic amines is 1. The molecule has 0 fully saturated rings. The van der Waals surface area contributed by atoms with Crippen LogP contribution in [0.4, 0.5) is 0 Å². The van der Waals surface area contributed by atoms with Crippen molar-refractivity contribution in [3.63, 3.8) is 0 Å². The number of hydrogen-bond acceptors (Lipinski definition) is 5. The first-order valence-corrected chi connectivity index (χ1v) is 7.96. The van der Waals surface area contributed by atoms with Gasteiger partial charge in [-0.1, -0.05) is 11.6 Å². The topological polar surface area (TPSA) is 125 Å². The maximum absolute atomic E-state index is 12.4. The molecule has 0 radical (unpaired) electrons. The van der Waals surface area contributed by atoms with Gasteiger partial charge in [0.2, 0.25) is 21.4 Å². The Morgan fingerprint density at radius 1 is 1.04 bits per heavy atom.